The molecule has 1 aromatic heterocycles. The van der Waals surface area contributed by atoms with Gasteiger partial charge in [0.25, 0.3) is 5.91 Å². The Morgan fingerprint density at radius 3 is 2.63 bits per heavy atom. The number of methoxy groups -OCH3 is 1. The molecule has 0 unspecified atom stereocenters. The van der Waals surface area contributed by atoms with E-state index in [0.717, 1.165) is 16.8 Å². The number of aromatic nitrogens is 3. The zero-order chi connectivity index (χ0) is 19.2. The van der Waals surface area contributed by atoms with E-state index in [0.29, 0.717) is 24.7 Å². The molecule has 0 atom stereocenters. The maximum atomic E-state index is 12.4. The zero-order valence-electron chi connectivity index (χ0n) is 15.6. The Hall–Kier alpha value is -3.35. The second kappa shape index (κ2) is 8.35. The maximum Gasteiger partial charge on any atom is 0.273 e. The quantitative estimate of drug-likeness (QED) is 0.696. The second-order valence-electron chi connectivity index (χ2n) is 5.98. The minimum Gasteiger partial charge on any atom is -0.493 e. The summed E-state index contributed by atoms with van der Waals surface area (Å²) >= 11 is 0. The van der Waals surface area contributed by atoms with Crippen LogP contribution < -0.4 is 14.8 Å². The summed E-state index contributed by atoms with van der Waals surface area (Å²) in [4.78, 5) is 12.4. The van der Waals surface area contributed by atoms with E-state index >= 15 is 0 Å². The summed E-state index contributed by atoms with van der Waals surface area (Å²) < 4.78 is 12.4. The van der Waals surface area contributed by atoms with Gasteiger partial charge in [-0.05, 0) is 43.7 Å². The summed E-state index contributed by atoms with van der Waals surface area (Å²) in [5.74, 6) is 1.02. The molecule has 7 heteroatoms. The van der Waals surface area contributed by atoms with Crippen LogP contribution in [0.1, 0.15) is 28.5 Å². The van der Waals surface area contributed by atoms with E-state index in [4.69, 9.17) is 9.47 Å². The fraction of sp³-hybridized carbons (Fsp3) is 0.250. The van der Waals surface area contributed by atoms with Crippen molar-refractivity contribution >= 4 is 5.91 Å². The first-order valence-electron chi connectivity index (χ1n) is 8.68. The molecule has 0 aliphatic heterocycles. The molecule has 27 heavy (non-hydrogen) atoms. The van der Waals surface area contributed by atoms with Crippen LogP contribution in [0.25, 0.3) is 5.69 Å². The van der Waals surface area contributed by atoms with Crippen LogP contribution in [-0.2, 0) is 6.54 Å². The number of aryl methyl sites for hydroxylation is 1. The standard InChI is InChI=1S/C20H22N4O3/c1-4-27-18-10-7-15(11-19(18)26-3)12-21-20(25)17-13-24(23-22-17)16-8-5-14(2)6-9-16/h5-11,13H,4,12H2,1-3H3,(H,21,25). The highest BCUT2D eigenvalue weighted by molar-refractivity contribution is 5.91. The fourth-order valence-electron chi connectivity index (χ4n) is 2.56. The minimum atomic E-state index is -0.291. The highest BCUT2D eigenvalue weighted by atomic mass is 16.5. The number of benzene rings is 2. The summed E-state index contributed by atoms with van der Waals surface area (Å²) in [5.41, 5.74) is 3.16. The number of ether oxygens (including phenoxy) is 2. The molecule has 0 saturated heterocycles. The number of amides is 1. The number of nitrogens with one attached hydrogen (secondary N) is 1. The van der Waals surface area contributed by atoms with Gasteiger partial charge in [-0.15, -0.1) is 5.10 Å². The van der Waals surface area contributed by atoms with Gasteiger partial charge in [-0.2, -0.15) is 0 Å². The Balaban J connectivity index is 1.65. The Bertz CT molecular complexity index is 919. The van der Waals surface area contributed by atoms with Gasteiger partial charge in [0.2, 0.25) is 0 Å². The van der Waals surface area contributed by atoms with Gasteiger partial charge in [0.1, 0.15) is 0 Å². The van der Waals surface area contributed by atoms with Gasteiger partial charge in [0.15, 0.2) is 17.2 Å². The Kier molecular flexibility index (Phi) is 5.71. The molecule has 3 aromatic rings. The van der Waals surface area contributed by atoms with Gasteiger partial charge >= 0.3 is 0 Å². The van der Waals surface area contributed by atoms with Crippen LogP contribution in [0.4, 0.5) is 0 Å². The first kappa shape index (κ1) is 18.4. The number of hydrogen-bond acceptors (Lipinski definition) is 5. The van der Waals surface area contributed by atoms with Crippen LogP contribution in [0.3, 0.4) is 0 Å². The molecule has 140 valence electrons. The molecule has 1 N–H and O–H groups in total. The molecule has 1 heterocycles. The lowest BCUT2D eigenvalue weighted by Crippen LogP contribution is -2.23. The molecule has 3 rings (SSSR count). The van der Waals surface area contributed by atoms with Crippen molar-refractivity contribution in [1.29, 1.82) is 0 Å². The molecule has 1 amide bonds. The van der Waals surface area contributed by atoms with Crippen LogP contribution >= 0.6 is 0 Å². The summed E-state index contributed by atoms with van der Waals surface area (Å²) in [6.45, 7) is 4.83. The first-order chi connectivity index (χ1) is 13.1. The van der Waals surface area contributed by atoms with E-state index in [9.17, 15) is 4.79 Å². The monoisotopic (exact) mass is 366 g/mol. The molecular formula is C20H22N4O3. The molecule has 0 radical (unpaired) electrons. The number of nitrogens with zero attached hydrogens (tertiary/aromatic N) is 3. The normalized spacial score (nSPS) is 10.5. The van der Waals surface area contributed by atoms with Gasteiger partial charge in [-0.1, -0.05) is 29.0 Å². The molecule has 0 aliphatic rings. The Morgan fingerprint density at radius 1 is 1.15 bits per heavy atom. The van der Waals surface area contributed by atoms with E-state index in [-0.39, 0.29) is 11.6 Å². The summed E-state index contributed by atoms with van der Waals surface area (Å²) in [6.07, 6.45) is 1.61. The van der Waals surface area contributed by atoms with Gasteiger partial charge in [-0.25, -0.2) is 4.68 Å². The highest BCUT2D eigenvalue weighted by Crippen LogP contribution is 2.27. The average Bonchev–Trinajstić information content (AvgIpc) is 3.18. The fourth-order valence-corrected chi connectivity index (χ4v) is 2.56. The molecule has 0 spiro atoms. The highest BCUT2D eigenvalue weighted by Gasteiger charge is 2.12. The Labute approximate surface area is 157 Å². The molecule has 0 saturated carbocycles. The van der Waals surface area contributed by atoms with Crippen molar-refractivity contribution in [1.82, 2.24) is 20.3 Å². The summed E-state index contributed by atoms with van der Waals surface area (Å²) in [6, 6.07) is 13.4. The van der Waals surface area contributed by atoms with Gasteiger partial charge in [0.05, 0.1) is 25.6 Å². The zero-order valence-corrected chi connectivity index (χ0v) is 15.6. The molecule has 0 aliphatic carbocycles. The van der Waals surface area contributed by atoms with Crippen LogP contribution in [-0.4, -0.2) is 34.6 Å². The summed E-state index contributed by atoms with van der Waals surface area (Å²) in [5, 5.41) is 10.8. The predicted molar refractivity (Wildman–Crippen MR) is 101 cm³/mol. The van der Waals surface area contributed by atoms with Crippen LogP contribution in [0.2, 0.25) is 0 Å². The van der Waals surface area contributed by atoms with Crippen molar-refractivity contribution in [3.8, 4) is 17.2 Å². The largest absolute Gasteiger partial charge is 0.493 e. The lowest BCUT2D eigenvalue weighted by molar-refractivity contribution is 0.0946. The first-order valence-corrected chi connectivity index (χ1v) is 8.68. The van der Waals surface area contributed by atoms with Crippen LogP contribution in [0.15, 0.2) is 48.7 Å². The topological polar surface area (TPSA) is 78.3 Å². The van der Waals surface area contributed by atoms with Crippen molar-refractivity contribution in [3.05, 3.63) is 65.5 Å². The number of hydrogen-bond donors (Lipinski definition) is 1. The molecule has 7 nitrogen and oxygen atoms in total. The average molecular weight is 366 g/mol. The third-order valence-corrected chi connectivity index (χ3v) is 4.01. The van der Waals surface area contributed by atoms with Gasteiger partial charge in [0, 0.05) is 6.54 Å². The van der Waals surface area contributed by atoms with E-state index in [1.165, 1.54) is 0 Å². The molecule has 0 fully saturated rings. The third kappa shape index (κ3) is 4.44. The molecule has 0 bridgehead atoms. The molecular weight excluding hydrogens is 344 g/mol. The van der Waals surface area contributed by atoms with E-state index in [1.54, 1.807) is 18.0 Å². The van der Waals surface area contributed by atoms with Gasteiger partial charge in [-0.3, -0.25) is 4.79 Å². The SMILES string of the molecule is CCOc1ccc(CNC(=O)c2cn(-c3ccc(C)cc3)nn2)cc1OC. The summed E-state index contributed by atoms with van der Waals surface area (Å²) in [7, 11) is 1.59. The smallest absolute Gasteiger partial charge is 0.273 e. The van der Waals surface area contributed by atoms with E-state index in [1.807, 2.05) is 56.3 Å². The number of carbonyl (C=O) groups is 1. The van der Waals surface area contributed by atoms with Crippen molar-refractivity contribution in [2.24, 2.45) is 0 Å². The van der Waals surface area contributed by atoms with Crippen molar-refractivity contribution < 1.29 is 14.3 Å². The van der Waals surface area contributed by atoms with E-state index < -0.39 is 0 Å². The van der Waals surface area contributed by atoms with Crippen molar-refractivity contribution in [2.45, 2.75) is 20.4 Å². The minimum absolute atomic E-state index is 0.258. The Morgan fingerprint density at radius 2 is 1.93 bits per heavy atom. The third-order valence-electron chi connectivity index (χ3n) is 4.01. The van der Waals surface area contributed by atoms with Crippen molar-refractivity contribution in [2.75, 3.05) is 13.7 Å². The molecule has 2 aromatic carbocycles. The predicted octanol–water partition coefficient (Wildman–Crippen LogP) is 2.91. The van der Waals surface area contributed by atoms with Crippen LogP contribution in [0, 0.1) is 6.92 Å². The van der Waals surface area contributed by atoms with Crippen LogP contribution in [0.5, 0.6) is 11.5 Å². The van der Waals surface area contributed by atoms with E-state index in [2.05, 4.69) is 15.6 Å². The number of rotatable bonds is 7. The maximum absolute atomic E-state index is 12.4. The van der Waals surface area contributed by atoms with Crippen molar-refractivity contribution in [3.63, 3.8) is 0 Å². The van der Waals surface area contributed by atoms with Gasteiger partial charge < -0.3 is 14.8 Å². The second-order valence-corrected chi connectivity index (χ2v) is 5.98. The lowest BCUT2D eigenvalue weighted by Gasteiger charge is -2.11. The number of carbonyl (C=O) groups excluding carboxylic acids is 1. The lowest BCUT2D eigenvalue weighted by atomic mass is 10.2.